The monoisotopic (exact) mass is 232 g/mol. The first-order valence-electron chi connectivity index (χ1n) is 3.36. The molecule has 0 amide bonds. The van der Waals surface area contributed by atoms with Gasteiger partial charge in [0, 0.05) is 12.5 Å². The van der Waals surface area contributed by atoms with E-state index in [1.54, 1.807) is 0 Å². The number of rotatable bonds is 2. The van der Waals surface area contributed by atoms with Gasteiger partial charge in [-0.15, -0.1) is 0 Å². The van der Waals surface area contributed by atoms with Crippen molar-refractivity contribution in [1.29, 1.82) is 0 Å². The van der Waals surface area contributed by atoms with Crippen LogP contribution in [0.2, 0.25) is 0 Å². The lowest BCUT2D eigenvalue weighted by molar-refractivity contribution is 0.580. The molecule has 1 aromatic rings. The van der Waals surface area contributed by atoms with Gasteiger partial charge in [0.2, 0.25) is 0 Å². The van der Waals surface area contributed by atoms with Crippen LogP contribution in [0.3, 0.4) is 0 Å². The Balaban J connectivity index is 2.93. The predicted molar refractivity (Wildman–Crippen MR) is 48.1 cm³/mol. The maximum atomic E-state index is 12.6. The van der Waals surface area contributed by atoms with Gasteiger partial charge in [-0.3, -0.25) is 0 Å². The molecular formula is C9H7BrF2. The summed E-state index contributed by atoms with van der Waals surface area (Å²) >= 11 is 3.12. The molecule has 0 aromatic heterocycles. The van der Waals surface area contributed by atoms with E-state index in [1.807, 2.05) is 0 Å². The third-order valence-corrected chi connectivity index (χ3v) is 1.60. The molecule has 1 rings (SSSR count). The largest absolute Gasteiger partial charge is 0.207 e. The molecule has 3 heteroatoms. The van der Waals surface area contributed by atoms with Gasteiger partial charge in [0.25, 0.3) is 0 Å². The van der Waals surface area contributed by atoms with Crippen molar-refractivity contribution >= 4 is 15.9 Å². The minimum atomic E-state index is -0.557. The lowest BCUT2D eigenvalue weighted by atomic mass is 10.1. The highest BCUT2D eigenvalue weighted by Gasteiger charge is 2.00. The first-order valence-corrected chi connectivity index (χ1v) is 4.15. The summed E-state index contributed by atoms with van der Waals surface area (Å²) in [6.45, 7) is 3.58. The average molecular weight is 233 g/mol. The van der Waals surface area contributed by atoms with Crippen molar-refractivity contribution in [2.75, 3.05) is 0 Å². The van der Waals surface area contributed by atoms with Crippen LogP contribution in [0.25, 0.3) is 0 Å². The Kier molecular flexibility index (Phi) is 2.98. The molecular weight excluding hydrogens is 226 g/mol. The Bertz CT molecular complexity index is 287. The molecule has 0 saturated carbocycles. The van der Waals surface area contributed by atoms with E-state index in [0.29, 0.717) is 16.5 Å². The summed E-state index contributed by atoms with van der Waals surface area (Å²) < 4.78 is 25.9. The molecule has 0 bridgehead atoms. The molecule has 0 fully saturated rings. The number of hydrogen-bond acceptors (Lipinski definition) is 0. The zero-order chi connectivity index (χ0) is 9.14. The van der Waals surface area contributed by atoms with E-state index < -0.39 is 11.6 Å². The van der Waals surface area contributed by atoms with Gasteiger partial charge in [0.1, 0.15) is 11.6 Å². The third-order valence-electron chi connectivity index (χ3n) is 1.32. The Hall–Kier alpha value is -0.700. The average Bonchev–Trinajstić information content (AvgIpc) is 1.81. The van der Waals surface area contributed by atoms with Crippen LogP contribution in [0.4, 0.5) is 8.78 Å². The Morgan fingerprint density at radius 1 is 1.25 bits per heavy atom. The summed E-state index contributed by atoms with van der Waals surface area (Å²) in [5.74, 6) is -1.11. The molecule has 0 atom stereocenters. The van der Waals surface area contributed by atoms with Crippen LogP contribution in [0.15, 0.2) is 29.3 Å². The SMILES string of the molecule is C=C(Br)Cc1cc(F)cc(F)c1. The predicted octanol–water partition coefficient (Wildman–Crippen LogP) is 3.42. The van der Waals surface area contributed by atoms with Crippen molar-refractivity contribution in [2.24, 2.45) is 0 Å². The van der Waals surface area contributed by atoms with Crippen molar-refractivity contribution < 1.29 is 8.78 Å². The molecule has 0 unspecified atom stereocenters. The van der Waals surface area contributed by atoms with E-state index in [-0.39, 0.29) is 0 Å². The minimum absolute atomic E-state index is 0.439. The van der Waals surface area contributed by atoms with Crippen LogP contribution in [-0.4, -0.2) is 0 Å². The molecule has 0 N–H and O–H groups in total. The van der Waals surface area contributed by atoms with Crippen LogP contribution in [0, 0.1) is 11.6 Å². The van der Waals surface area contributed by atoms with Gasteiger partial charge in [0.15, 0.2) is 0 Å². The summed E-state index contributed by atoms with van der Waals surface area (Å²) in [6, 6.07) is 3.42. The van der Waals surface area contributed by atoms with Crippen LogP contribution in [-0.2, 0) is 6.42 Å². The molecule has 12 heavy (non-hydrogen) atoms. The standard InChI is InChI=1S/C9H7BrF2/c1-6(10)2-7-3-8(11)5-9(12)4-7/h3-5H,1-2H2. The summed E-state index contributed by atoms with van der Waals surface area (Å²) in [7, 11) is 0. The number of halogens is 3. The Labute approximate surface area is 78.0 Å². The smallest absolute Gasteiger partial charge is 0.126 e. The van der Waals surface area contributed by atoms with Gasteiger partial charge < -0.3 is 0 Å². The molecule has 64 valence electrons. The Morgan fingerprint density at radius 2 is 1.75 bits per heavy atom. The third kappa shape index (κ3) is 2.74. The van der Waals surface area contributed by atoms with Crippen molar-refractivity contribution in [3.8, 4) is 0 Å². The molecule has 0 radical (unpaired) electrons. The molecule has 0 aliphatic heterocycles. The molecule has 0 nitrogen and oxygen atoms in total. The second-order valence-electron chi connectivity index (χ2n) is 2.47. The van der Waals surface area contributed by atoms with Gasteiger partial charge in [-0.1, -0.05) is 22.5 Å². The van der Waals surface area contributed by atoms with Crippen molar-refractivity contribution in [3.63, 3.8) is 0 Å². The normalized spacial score (nSPS) is 9.92. The van der Waals surface area contributed by atoms with Crippen molar-refractivity contribution in [3.05, 3.63) is 46.5 Å². The summed E-state index contributed by atoms with van der Waals surface area (Å²) in [5.41, 5.74) is 0.578. The zero-order valence-corrected chi connectivity index (χ0v) is 7.87. The van der Waals surface area contributed by atoms with Gasteiger partial charge >= 0.3 is 0 Å². The Morgan fingerprint density at radius 3 is 2.17 bits per heavy atom. The van der Waals surface area contributed by atoms with Crippen molar-refractivity contribution in [1.82, 2.24) is 0 Å². The number of allylic oxidation sites excluding steroid dienone is 1. The maximum Gasteiger partial charge on any atom is 0.126 e. The van der Waals surface area contributed by atoms with E-state index in [2.05, 4.69) is 22.5 Å². The van der Waals surface area contributed by atoms with Gasteiger partial charge in [-0.25, -0.2) is 8.78 Å². The lowest BCUT2D eigenvalue weighted by Crippen LogP contribution is -1.88. The fraction of sp³-hybridized carbons (Fsp3) is 0.111. The van der Waals surface area contributed by atoms with E-state index >= 15 is 0 Å². The minimum Gasteiger partial charge on any atom is -0.207 e. The second-order valence-corrected chi connectivity index (χ2v) is 3.59. The number of benzene rings is 1. The fourth-order valence-corrected chi connectivity index (χ4v) is 1.26. The molecule has 0 spiro atoms. The topological polar surface area (TPSA) is 0 Å². The highest BCUT2D eigenvalue weighted by Crippen LogP contribution is 2.14. The summed E-state index contributed by atoms with van der Waals surface area (Å²) in [4.78, 5) is 0. The molecule has 0 aliphatic carbocycles. The van der Waals surface area contributed by atoms with Crippen LogP contribution in [0.5, 0.6) is 0 Å². The summed E-state index contributed by atoms with van der Waals surface area (Å²) in [6.07, 6.45) is 0.439. The quantitative estimate of drug-likeness (QED) is 0.734. The van der Waals surface area contributed by atoms with E-state index in [0.717, 1.165) is 6.07 Å². The first kappa shape index (κ1) is 9.39. The zero-order valence-electron chi connectivity index (χ0n) is 6.28. The number of hydrogen-bond donors (Lipinski definition) is 0. The van der Waals surface area contributed by atoms with Crippen LogP contribution >= 0.6 is 15.9 Å². The van der Waals surface area contributed by atoms with Gasteiger partial charge in [-0.2, -0.15) is 0 Å². The fourth-order valence-electron chi connectivity index (χ4n) is 0.934. The molecule has 0 aliphatic rings. The van der Waals surface area contributed by atoms with Crippen LogP contribution < -0.4 is 0 Å². The molecule has 0 heterocycles. The highest BCUT2D eigenvalue weighted by molar-refractivity contribution is 9.11. The van der Waals surface area contributed by atoms with Gasteiger partial charge in [0.05, 0.1) is 0 Å². The van der Waals surface area contributed by atoms with Gasteiger partial charge in [-0.05, 0) is 22.2 Å². The highest BCUT2D eigenvalue weighted by atomic mass is 79.9. The summed E-state index contributed by atoms with van der Waals surface area (Å²) in [5, 5.41) is 0. The maximum absolute atomic E-state index is 12.6. The molecule has 0 saturated heterocycles. The van der Waals surface area contributed by atoms with E-state index in [1.165, 1.54) is 12.1 Å². The lowest BCUT2D eigenvalue weighted by Gasteiger charge is -1.99. The van der Waals surface area contributed by atoms with Crippen molar-refractivity contribution in [2.45, 2.75) is 6.42 Å². The second kappa shape index (κ2) is 3.81. The molecule has 1 aromatic carbocycles. The first-order chi connectivity index (χ1) is 5.58. The van der Waals surface area contributed by atoms with E-state index in [9.17, 15) is 8.78 Å². The van der Waals surface area contributed by atoms with E-state index in [4.69, 9.17) is 0 Å². The van der Waals surface area contributed by atoms with Crippen LogP contribution in [0.1, 0.15) is 5.56 Å².